The van der Waals surface area contributed by atoms with Crippen molar-refractivity contribution in [2.24, 2.45) is 0 Å². The number of nitrogens with one attached hydrogen (secondary N) is 2. The van der Waals surface area contributed by atoms with Gasteiger partial charge in [-0.15, -0.1) is 0 Å². The molecule has 2 N–H and O–H groups in total. The average Bonchev–Trinajstić information content (AvgIpc) is 2.75. The Labute approximate surface area is 177 Å². The van der Waals surface area contributed by atoms with E-state index in [0.717, 1.165) is 37.0 Å². The number of sulfonamides is 1. The second-order valence-corrected chi connectivity index (χ2v) is 9.18. The maximum atomic E-state index is 13.2. The molecule has 160 valence electrons. The molecule has 1 atom stereocenters. The van der Waals surface area contributed by atoms with Crippen LogP contribution in [-0.2, 0) is 21.2 Å². The molecule has 2 aromatic rings. The van der Waals surface area contributed by atoms with Gasteiger partial charge in [0.05, 0.1) is 4.90 Å². The third-order valence-electron chi connectivity index (χ3n) is 5.15. The van der Waals surface area contributed by atoms with Gasteiger partial charge in [-0.2, -0.15) is 4.72 Å². The van der Waals surface area contributed by atoms with E-state index in [0.29, 0.717) is 6.54 Å². The van der Waals surface area contributed by atoms with Gasteiger partial charge in [-0.3, -0.25) is 4.79 Å². The molecule has 0 fully saturated rings. The first-order chi connectivity index (χ1) is 14.4. The van der Waals surface area contributed by atoms with Gasteiger partial charge < -0.3 is 5.32 Å². The maximum absolute atomic E-state index is 13.2. The molecule has 3 rings (SSSR count). The molecule has 0 spiro atoms. The van der Waals surface area contributed by atoms with E-state index < -0.39 is 21.9 Å². The van der Waals surface area contributed by atoms with Crippen molar-refractivity contribution in [3.8, 4) is 0 Å². The third kappa shape index (κ3) is 6.50. The highest BCUT2D eigenvalue weighted by Crippen LogP contribution is 2.19. The highest BCUT2D eigenvalue weighted by molar-refractivity contribution is 7.89. The fourth-order valence-corrected chi connectivity index (χ4v) is 4.70. The molecule has 5 nitrogen and oxygen atoms in total. The number of amides is 1. The molecule has 7 heteroatoms. The van der Waals surface area contributed by atoms with E-state index in [9.17, 15) is 17.6 Å². The van der Waals surface area contributed by atoms with Gasteiger partial charge in [-0.1, -0.05) is 42.0 Å². The minimum Gasteiger partial charge on any atom is -0.354 e. The van der Waals surface area contributed by atoms with E-state index >= 15 is 0 Å². The molecule has 0 unspecified atom stereocenters. The Bertz CT molecular complexity index is 973. The van der Waals surface area contributed by atoms with Crippen molar-refractivity contribution in [2.75, 3.05) is 6.54 Å². The number of carbonyl (C=O) groups excluding carboxylic acids is 1. The number of carbonyl (C=O) groups is 1. The topological polar surface area (TPSA) is 75.3 Å². The summed E-state index contributed by atoms with van der Waals surface area (Å²) >= 11 is 0. The molecule has 0 bridgehead atoms. The molecule has 0 saturated carbocycles. The molecular formula is C23H27FN2O3S. The summed E-state index contributed by atoms with van der Waals surface area (Å²) in [5.74, 6) is -0.898. The van der Waals surface area contributed by atoms with Crippen LogP contribution in [0.5, 0.6) is 0 Å². The largest absolute Gasteiger partial charge is 0.354 e. The molecule has 2 aromatic carbocycles. The lowest BCUT2D eigenvalue weighted by Gasteiger charge is -2.19. The average molecular weight is 431 g/mol. The summed E-state index contributed by atoms with van der Waals surface area (Å²) in [5.41, 5.74) is 2.18. The van der Waals surface area contributed by atoms with Gasteiger partial charge >= 0.3 is 0 Å². The molecule has 30 heavy (non-hydrogen) atoms. The molecule has 1 aliphatic carbocycles. The Kier molecular flexibility index (Phi) is 7.76. The Morgan fingerprint density at radius 1 is 1.03 bits per heavy atom. The van der Waals surface area contributed by atoms with Crippen LogP contribution in [0.25, 0.3) is 0 Å². The normalized spacial score (nSPS) is 15.3. The zero-order valence-electron chi connectivity index (χ0n) is 16.8. The van der Waals surface area contributed by atoms with Crippen molar-refractivity contribution in [1.82, 2.24) is 10.0 Å². The lowest BCUT2D eigenvalue weighted by Crippen LogP contribution is -2.48. The quantitative estimate of drug-likeness (QED) is 0.596. The van der Waals surface area contributed by atoms with Crippen LogP contribution < -0.4 is 10.0 Å². The van der Waals surface area contributed by atoms with E-state index in [4.69, 9.17) is 0 Å². The van der Waals surface area contributed by atoms with Crippen LogP contribution in [0.15, 0.2) is 71.1 Å². The summed E-state index contributed by atoms with van der Waals surface area (Å²) in [4.78, 5) is 12.8. The number of benzene rings is 2. The van der Waals surface area contributed by atoms with Crippen LogP contribution in [-0.4, -0.2) is 26.9 Å². The summed E-state index contributed by atoms with van der Waals surface area (Å²) in [7, 11) is -3.98. The van der Waals surface area contributed by atoms with Crippen LogP contribution >= 0.6 is 0 Å². The van der Waals surface area contributed by atoms with Crippen molar-refractivity contribution < 1.29 is 17.6 Å². The van der Waals surface area contributed by atoms with Gasteiger partial charge in [-0.25, -0.2) is 12.8 Å². The third-order valence-corrected chi connectivity index (χ3v) is 6.64. The minimum atomic E-state index is -3.98. The molecule has 0 radical (unpaired) electrons. The van der Waals surface area contributed by atoms with Crippen LogP contribution in [0.2, 0.25) is 0 Å². The Hall–Kier alpha value is -2.51. The Balaban J connectivity index is 1.69. The van der Waals surface area contributed by atoms with Gasteiger partial charge in [0.1, 0.15) is 11.9 Å². The van der Waals surface area contributed by atoms with Gasteiger partial charge in [-0.05, 0) is 68.4 Å². The number of rotatable bonds is 9. The van der Waals surface area contributed by atoms with Gasteiger partial charge in [0.15, 0.2) is 0 Å². The van der Waals surface area contributed by atoms with Gasteiger partial charge in [0.2, 0.25) is 15.9 Å². The summed E-state index contributed by atoms with van der Waals surface area (Å²) in [6.45, 7) is 0.467. The SMILES string of the molecule is O=C(NCCC1=CCCCC1)[C@H](Cc1ccccc1)NS(=O)(=O)c1ccc(F)cc1. The summed E-state index contributed by atoms with van der Waals surface area (Å²) in [5, 5.41) is 2.87. The second kappa shape index (κ2) is 10.5. The predicted octanol–water partition coefficient (Wildman–Crippen LogP) is 3.72. The lowest BCUT2D eigenvalue weighted by atomic mass is 9.97. The van der Waals surface area contributed by atoms with E-state index in [-0.39, 0.29) is 17.2 Å². The molecule has 1 amide bonds. The zero-order chi connectivity index (χ0) is 21.4. The van der Waals surface area contributed by atoms with Gasteiger partial charge in [0, 0.05) is 6.54 Å². The van der Waals surface area contributed by atoms with Crippen LogP contribution in [0, 0.1) is 5.82 Å². The maximum Gasteiger partial charge on any atom is 0.241 e. The number of allylic oxidation sites excluding steroid dienone is 1. The van der Waals surface area contributed by atoms with Crippen molar-refractivity contribution in [2.45, 2.75) is 49.5 Å². The molecular weight excluding hydrogens is 403 g/mol. The summed E-state index contributed by atoms with van der Waals surface area (Å²) in [6, 6.07) is 12.8. The fraction of sp³-hybridized carbons (Fsp3) is 0.348. The van der Waals surface area contributed by atoms with Crippen LogP contribution in [0.3, 0.4) is 0 Å². The second-order valence-electron chi connectivity index (χ2n) is 7.47. The monoisotopic (exact) mass is 430 g/mol. The Morgan fingerprint density at radius 2 is 1.77 bits per heavy atom. The van der Waals surface area contributed by atoms with Crippen molar-refractivity contribution >= 4 is 15.9 Å². The molecule has 1 aliphatic rings. The fourth-order valence-electron chi connectivity index (χ4n) is 3.51. The first-order valence-electron chi connectivity index (χ1n) is 10.2. The molecule has 0 aromatic heterocycles. The minimum absolute atomic E-state index is 0.0814. The van der Waals surface area contributed by atoms with E-state index in [2.05, 4.69) is 16.1 Å². The van der Waals surface area contributed by atoms with Gasteiger partial charge in [0.25, 0.3) is 0 Å². The van der Waals surface area contributed by atoms with Crippen LogP contribution in [0.4, 0.5) is 4.39 Å². The molecule has 0 aliphatic heterocycles. The molecule has 0 saturated heterocycles. The Morgan fingerprint density at radius 3 is 2.43 bits per heavy atom. The van der Waals surface area contributed by atoms with Crippen molar-refractivity contribution in [1.29, 1.82) is 0 Å². The van der Waals surface area contributed by atoms with E-state index in [1.165, 1.54) is 30.5 Å². The van der Waals surface area contributed by atoms with Crippen molar-refractivity contribution in [3.63, 3.8) is 0 Å². The smallest absolute Gasteiger partial charge is 0.241 e. The molecule has 0 heterocycles. The highest BCUT2D eigenvalue weighted by Gasteiger charge is 2.26. The standard InChI is InChI=1S/C23H27FN2O3S/c24-20-11-13-21(14-12-20)30(28,29)26-22(17-19-9-5-2-6-10-19)23(27)25-16-15-18-7-3-1-4-8-18/h2,5-7,9-14,22,26H,1,3-4,8,15-17H2,(H,25,27)/t22-/m0/s1. The lowest BCUT2D eigenvalue weighted by molar-refractivity contribution is -0.122. The van der Waals surface area contributed by atoms with Crippen molar-refractivity contribution in [3.05, 3.63) is 77.6 Å². The summed E-state index contributed by atoms with van der Waals surface area (Å²) in [6.07, 6.45) is 7.74. The van der Waals surface area contributed by atoms with E-state index in [1.807, 2.05) is 30.3 Å². The first kappa shape index (κ1) is 22.2. The number of hydrogen-bond donors (Lipinski definition) is 2. The number of halogens is 1. The van der Waals surface area contributed by atoms with E-state index in [1.54, 1.807) is 0 Å². The highest BCUT2D eigenvalue weighted by atomic mass is 32.2. The summed E-state index contributed by atoms with van der Waals surface area (Å²) < 4.78 is 41.1. The predicted molar refractivity (Wildman–Crippen MR) is 115 cm³/mol. The van der Waals surface area contributed by atoms with Crippen LogP contribution in [0.1, 0.15) is 37.7 Å². The first-order valence-corrected chi connectivity index (χ1v) is 11.7. The number of hydrogen-bond acceptors (Lipinski definition) is 3. The zero-order valence-corrected chi connectivity index (χ0v) is 17.6.